The van der Waals surface area contributed by atoms with Gasteiger partial charge in [-0.3, -0.25) is 14.3 Å². The first-order valence-corrected chi connectivity index (χ1v) is 7.19. The fourth-order valence-electron chi connectivity index (χ4n) is 2.65. The number of hydrogen-bond acceptors (Lipinski definition) is 3. The average molecular weight is 298 g/mol. The third-order valence-electron chi connectivity index (χ3n) is 3.78. The van der Waals surface area contributed by atoms with E-state index in [9.17, 15) is 9.59 Å². The molecule has 3 rings (SSSR count). The molecule has 2 amide bonds. The van der Waals surface area contributed by atoms with Crippen molar-refractivity contribution in [3.8, 4) is 0 Å². The van der Waals surface area contributed by atoms with E-state index >= 15 is 0 Å². The zero-order chi connectivity index (χ0) is 15.7. The zero-order valence-corrected chi connectivity index (χ0v) is 12.6. The third-order valence-corrected chi connectivity index (χ3v) is 3.78. The summed E-state index contributed by atoms with van der Waals surface area (Å²) in [6.07, 6.45) is 3.64. The van der Waals surface area contributed by atoms with E-state index in [0.29, 0.717) is 6.54 Å². The normalized spacial score (nSPS) is 17.8. The summed E-state index contributed by atoms with van der Waals surface area (Å²) in [7, 11) is 1.80. The van der Waals surface area contributed by atoms with Crippen LogP contribution in [0.4, 0.5) is 11.4 Å². The smallest absolute Gasteiger partial charge is 0.229 e. The molecule has 0 bridgehead atoms. The quantitative estimate of drug-likeness (QED) is 0.938. The summed E-state index contributed by atoms with van der Waals surface area (Å²) in [5.41, 5.74) is 2.58. The molecule has 1 aromatic carbocycles. The second-order valence-electron chi connectivity index (χ2n) is 5.64. The van der Waals surface area contributed by atoms with Crippen LogP contribution in [0.3, 0.4) is 0 Å². The molecule has 0 aliphatic carbocycles. The Morgan fingerprint density at radius 3 is 2.91 bits per heavy atom. The second kappa shape index (κ2) is 5.63. The number of nitrogens with zero attached hydrogens (tertiary/aromatic N) is 3. The molecule has 1 unspecified atom stereocenters. The van der Waals surface area contributed by atoms with Crippen LogP contribution in [0.25, 0.3) is 0 Å². The molecule has 1 atom stereocenters. The standard InChI is InChI=1S/C16H18N4O2/c1-11-4-3-5-13(6-11)18-16(22)12-7-15(21)20(9-12)14-8-17-19(2)10-14/h3-6,8,10,12H,7,9H2,1-2H3,(H,18,22). The van der Waals surface area contributed by atoms with Crippen molar-refractivity contribution < 1.29 is 9.59 Å². The lowest BCUT2D eigenvalue weighted by Crippen LogP contribution is -2.27. The predicted molar refractivity (Wildman–Crippen MR) is 83.5 cm³/mol. The van der Waals surface area contributed by atoms with Crippen LogP contribution < -0.4 is 10.2 Å². The van der Waals surface area contributed by atoms with Gasteiger partial charge in [0.1, 0.15) is 0 Å². The molecule has 0 spiro atoms. The van der Waals surface area contributed by atoms with Gasteiger partial charge in [0.05, 0.1) is 17.8 Å². The summed E-state index contributed by atoms with van der Waals surface area (Å²) in [4.78, 5) is 26.1. The molecule has 1 fully saturated rings. The first-order chi connectivity index (χ1) is 10.5. The molecule has 0 radical (unpaired) electrons. The van der Waals surface area contributed by atoms with E-state index in [1.165, 1.54) is 0 Å². The van der Waals surface area contributed by atoms with Crippen LogP contribution in [0, 0.1) is 12.8 Å². The molecule has 1 saturated heterocycles. The van der Waals surface area contributed by atoms with E-state index in [-0.39, 0.29) is 24.2 Å². The molecule has 22 heavy (non-hydrogen) atoms. The molecule has 6 heteroatoms. The van der Waals surface area contributed by atoms with Gasteiger partial charge in [-0.1, -0.05) is 12.1 Å². The van der Waals surface area contributed by atoms with Gasteiger partial charge in [0.25, 0.3) is 0 Å². The fourth-order valence-corrected chi connectivity index (χ4v) is 2.65. The maximum Gasteiger partial charge on any atom is 0.229 e. The highest BCUT2D eigenvalue weighted by atomic mass is 16.2. The Morgan fingerprint density at radius 1 is 1.41 bits per heavy atom. The number of hydrogen-bond donors (Lipinski definition) is 1. The minimum Gasteiger partial charge on any atom is -0.326 e. The molecular weight excluding hydrogens is 280 g/mol. The van der Waals surface area contributed by atoms with Gasteiger partial charge in [0, 0.05) is 31.9 Å². The molecule has 1 aromatic heterocycles. The van der Waals surface area contributed by atoms with Crippen molar-refractivity contribution in [2.75, 3.05) is 16.8 Å². The summed E-state index contributed by atoms with van der Waals surface area (Å²) < 4.78 is 1.64. The Morgan fingerprint density at radius 2 is 2.23 bits per heavy atom. The number of carbonyl (C=O) groups is 2. The maximum atomic E-state index is 12.3. The number of nitrogens with one attached hydrogen (secondary N) is 1. The SMILES string of the molecule is Cc1cccc(NC(=O)C2CC(=O)N(c3cnn(C)c3)C2)c1. The summed E-state index contributed by atoms with van der Waals surface area (Å²) >= 11 is 0. The van der Waals surface area contributed by atoms with Gasteiger partial charge in [0.15, 0.2) is 0 Å². The Labute approximate surface area is 128 Å². The van der Waals surface area contributed by atoms with Gasteiger partial charge in [-0.2, -0.15) is 5.10 Å². The van der Waals surface area contributed by atoms with Crippen molar-refractivity contribution in [1.82, 2.24) is 9.78 Å². The first-order valence-electron chi connectivity index (χ1n) is 7.19. The van der Waals surface area contributed by atoms with Gasteiger partial charge in [-0.25, -0.2) is 0 Å². The molecular formula is C16H18N4O2. The summed E-state index contributed by atoms with van der Waals surface area (Å²) in [5.74, 6) is -0.504. The number of carbonyl (C=O) groups excluding carboxylic acids is 2. The van der Waals surface area contributed by atoms with Crippen molar-refractivity contribution >= 4 is 23.2 Å². The highest BCUT2D eigenvalue weighted by Crippen LogP contribution is 2.25. The van der Waals surface area contributed by atoms with Crippen LogP contribution in [0.2, 0.25) is 0 Å². The number of aryl methyl sites for hydroxylation is 2. The topological polar surface area (TPSA) is 67.2 Å². The van der Waals surface area contributed by atoms with E-state index in [2.05, 4.69) is 10.4 Å². The fraction of sp³-hybridized carbons (Fsp3) is 0.312. The minimum absolute atomic E-state index is 0.0441. The van der Waals surface area contributed by atoms with Crippen LogP contribution in [-0.2, 0) is 16.6 Å². The Bertz CT molecular complexity index is 722. The summed E-state index contributed by atoms with van der Waals surface area (Å²) in [6, 6.07) is 7.62. The van der Waals surface area contributed by atoms with E-state index in [1.807, 2.05) is 31.2 Å². The van der Waals surface area contributed by atoms with Gasteiger partial charge in [-0.05, 0) is 24.6 Å². The number of rotatable bonds is 3. The van der Waals surface area contributed by atoms with E-state index in [1.54, 1.807) is 29.0 Å². The summed E-state index contributed by atoms with van der Waals surface area (Å²) in [5, 5.41) is 6.95. The molecule has 6 nitrogen and oxygen atoms in total. The molecule has 0 saturated carbocycles. The summed E-state index contributed by atoms with van der Waals surface area (Å²) in [6.45, 7) is 2.36. The van der Waals surface area contributed by atoms with Crippen LogP contribution in [0.15, 0.2) is 36.7 Å². The lowest BCUT2D eigenvalue weighted by atomic mass is 10.1. The average Bonchev–Trinajstić information content (AvgIpc) is 3.05. The highest BCUT2D eigenvalue weighted by Gasteiger charge is 2.35. The second-order valence-corrected chi connectivity index (χ2v) is 5.64. The van der Waals surface area contributed by atoms with E-state index < -0.39 is 0 Å². The van der Waals surface area contributed by atoms with Crippen molar-refractivity contribution in [3.05, 3.63) is 42.2 Å². The van der Waals surface area contributed by atoms with Crippen molar-refractivity contribution in [2.45, 2.75) is 13.3 Å². The number of amides is 2. The van der Waals surface area contributed by atoms with Gasteiger partial charge in [0.2, 0.25) is 11.8 Å². The van der Waals surface area contributed by atoms with Crippen LogP contribution in [0.1, 0.15) is 12.0 Å². The zero-order valence-electron chi connectivity index (χ0n) is 12.6. The minimum atomic E-state index is -0.340. The first kappa shape index (κ1) is 14.3. The van der Waals surface area contributed by atoms with Crippen LogP contribution in [-0.4, -0.2) is 28.1 Å². The number of aromatic nitrogens is 2. The molecule has 114 valence electrons. The Kier molecular flexibility index (Phi) is 3.66. The Hall–Kier alpha value is -2.63. The van der Waals surface area contributed by atoms with Gasteiger partial charge < -0.3 is 10.2 Å². The van der Waals surface area contributed by atoms with Crippen LogP contribution >= 0.6 is 0 Å². The Balaban J connectivity index is 1.68. The monoisotopic (exact) mass is 298 g/mol. The van der Waals surface area contributed by atoms with Crippen molar-refractivity contribution in [1.29, 1.82) is 0 Å². The van der Waals surface area contributed by atoms with Crippen molar-refractivity contribution in [3.63, 3.8) is 0 Å². The predicted octanol–water partition coefficient (Wildman–Crippen LogP) is 1.72. The molecule has 2 aromatic rings. The van der Waals surface area contributed by atoms with E-state index in [4.69, 9.17) is 0 Å². The lowest BCUT2D eigenvalue weighted by molar-refractivity contribution is -0.122. The van der Waals surface area contributed by atoms with Crippen molar-refractivity contribution in [2.24, 2.45) is 13.0 Å². The molecule has 1 aliphatic rings. The maximum absolute atomic E-state index is 12.3. The third kappa shape index (κ3) is 2.86. The largest absolute Gasteiger partial charge is 0.326 e. The number of anilines is 2. The molecule has 2 heterocycles. The number of benzene rings is 1. The molecule has 1 aliphatic heterocycles. The van der Waals surface area contributed by atoms with Crippen LogP contribution in [0.5, 0.6) is 0 Å². The highest BCUT2D eigenvalue weighted by molar-refractivity contribution is 6.03. The van der Waals surface area contributed by atoms with Gasteiger partial charge in [-0.15, -0.1) is 0 Å². The van der Waals surface area contributed by atoms with Gasteiger partial charge >= 0.3 is 0 Å². The van der Waals surface area contributed by atoms with E-state index in [0.717, 1.165) is 16.9 Å². The molecule has 1 N–H and O–H groups in total. The lowest BCUT2D eigenvalue weighted by Gasteiger charge is -2.14.